The van der Waals surface area contributed by atoms with Gasteiger partial charge in [-0.3, -0.25) is 0 Å². The van der Waals surface area contributed by atoms with Gasteiger partial charge in [-0.2, -0.15) is 5.10 Å². The molecule has 2 heterocycles. The van der Waals surface area contributed by atoms with Crippen LogP contribution in [0.15, 0.2) is 34.8 Å². The van der Waals surface area contributed by atoms with Crippen molar-refractivity contribution in [3.05, 3.63) is 50.8 Å². The van der Waals surface area contributed by atoms with Gasteiger partial charge in [0.05, 0.1) is 11.3 Å². The quantitative estimate of drug-likeness (QED) is 0.587. The average molecular weight is 357 g/mol. The Balaban J connectivity index is 2.42. The zero-order valence-corrected chi connectivity index (χ0v) is 13.0. The van der Waals surface area contributed by atoms with E-state index >= 15 is 0 Å². The number of nitrogens with zero attached hydrogens (tertiary/aromatic N) is 3. The second kappa shape index (κ2) is 4.78. The van der Waals surface area contributed by atoms with E-state index in [1.165, 1.54) is 0 Å². The van der Waals surface area contributed by atoms with Crippen LogP contribution in [0.5, 0.6) is 0 Å². The highest BCUT2D eigenvalue weighted by atomic mass is 79.9. The Morgan fingerprint density at radius 1 is 1.21 bits per heavy atom. The lowest BCUT2D eigenvalue weighted by atomic mass is 10.1. The summed E-state index contributed by atoms with van der Waals surface area (Å²) >= 11 is 15.7. The van der Waals surface area contributed by atoms with Gasteiger partial charge >= 0.3 is 0 Å². The number of hydrogen-bond donors (Lipinski definition) is 0. The highest BCUT2D eigenvalue weighted by molar-refractivity contribution is 9.10. The summed E-state index contributed by atoms with van der Waals surface area (Å²) in [6.07, 6.45) is 0. The largest absolute Gasteiger partial charge is 0.216 e. The molecule has 0 spiro atoms. The molecule has 0 fully saturated rings. The Morgan fingerprint density at radius 2 is 1.95 bits per heavy atom. The van der Waals surface area contributed by atoms with E-state index in [-0.39, 0.29) is 0 Å². The first-order valence-corrected chi connectivity index (χ1v) is 7.09. The molecule has 6 heteroatoms. The third-order valence-electron chi connectivity index (χ3n) is 2.83. The first kappa shape index (κ1) is 12.9. The fourth-order valence-corrected chi connectivity index (χ4v) is 2.98. The zero-order chi connectivity index (χ0) is 13.6. The second-order valence-corrected chi connectivity index (χ2v) is 5.71. The maximum Gasteiger partial charge on any atom is 0.166 e. The molecule has 0 N–H and O–H groups in total. The van der Waals surface area contributed by atoms with Crippen LogP contribution in [-0.2, 0) is 0 Å². The van der Waals surface area contributed by atoms with Crippen molar-refractivity contribution in [2.24, 2.45) is 0 Å². The van der Waals surface area contributed by atoms with Crippen molar-refractivity contribution in [1.82, 2.24) is 14.6 Å². The summed E-state index contributed by atoms with van der Waals surface area (Å²) in [5.74, 6) is 0. The number of halogens is 3. The number of hydrogen-bond acceptors (Lipinski definition) is 2. The molecule has 0 aliphatic carbocycles. The first-order chi connectivity index (χ1) is 9.08. The monoisotopic (exact) mass is 355 g/mol. The van der Waals surface area contributed by atoms with E-state index in [9.17, 15) is 0 Å². The van der Waals surface area contributed by atoms with Crippen molar-refractivity contribution in [3.8, 4) is 11.1 Å². The minimum absolute atomic E-state index is 0.353. The molecule has 0 saturated carbocycles. The molecule has 0 unspecified atom stereocenters. The van der Waals surface area contributed by atoms with Crippen LogP contribution in [0, 0.1) is 6.92 Å². The van der Waals surface area contributed by atoms with Gasteiger partial charge in [-0.25, -0.2) is 9.50 Å². The predicted molar refractivity (Wildman–Crippen MR) is 80.9 cm³/mol. The minimum atomic E-state index is 0.353. The van der Waals surface area contributed by atoms with E-state index in [1.807, 2.05) is 31.2 Å². The van der Waals surface area contributed by atoms with Crippen LogP contribution < -0.4 is 0 Å². The number of aryl methyl sites for hydroxylation is 1. The lowest BCUT2D eigenvalue weighted by Gasteiger charge is -2.04. The maximum absolute atomic E-state index is 6.14. The molecule has 0 amide bonds. The first-order valence-electron chi connectivity index (χ1n) is 5.54. The Bertz CT molecular complexity index is 783. The van der Waals surface area contributed by atoms with Crippen LogP contribution in [0.1, 0.15) is 5.69 Å². The van der Waals surface area contributed by atoms with E-state index in [0.717, 1.165) is 21.3 Å². The molecule has 1 aromatic carbocycles. The third-order valence-corrected chi connectivity index (χ3v) is 3.99. The Labute approximate surface area is 128 Å². The van der Waals surface area contributed by atoms with Crippen molar-refractivity contribution in [2.45, 2.75) is 6.92 Å². The molecule has 0 radical (unpaired) electrons. The standard InChI is InChI=1S/C13H8BrCl2N3/c1-7-12(8-4-2-3-5-9(8)14)13-17-10(15)6-11(16)19(13)18-7/h2-6H,1H3. The summed E-state index contributed by atoms with van der Waals surface area (Å²) < 4.78 is 2.57. The Hall–Kier alpha value is -1.10. The SMILES string of the molecule is Cc1nn2c(Cl)cc(Cl)nc2c1-c1ccccc1Br. The van der Waals surface area contributed by atoms with Crippen LogP contribution >= 0.6 is 39.1 Å². The van der Waals surface area contributed by atoms with Crippen molar-refractivity contribution < 1.29 is 0 Å². The van der Waals surface area contributed by atoms with E-state index in [2.05, 4.69) is 26.0 Å². The van der Waals surface area contributed by atoms with Crippen molar-refractivity contribution in [1.29, 1.82) is 0 Å². The topological polar surface area (TPSA) is 30.2 Å². The van der Waals surface area contributed by atoms with E-state index in [4.69, 9.17) is 23.2 Å². The Kier molecular flexibility index (Phi) is 3.25. The van der Waals surface area contributed by atoms with E-state index in [0.29, 0.717) is 16.0 Å². The molecule has 0 atom stereocenters. The van der Waals surface area contributed by atoms with Gasteiger partial charge in [0, 0.05) is 16.1 Å². The lowest BCUT2D eigenvalue weighted by Crippen LogP contribution is -1.92. The predicted octanol–water partition coefficient (Wildman–Crippen LogP) is 4.77. The molecule has 3 aromatic rings. The molecule has 96 valence electrons. The van der Waals surface area contributed by atoms with Gasteiger partial charge in [-0.1, -0.05) is 57.3 Å². The van der Waals surface area contributed by atoms with E-state index in [1.54, 1.807) is 10.6 Å². The van der Waals surface area contributed by atoms with Crippen molar-refractivity contribution in [3.63, 3.8) is 0 Å². The summed E-state index contributed by atoms with van der Waals surface area (Å²) in [5, 5.41) is 5.21. The van der Waals surface area contributed by atoms with Gasteiger partial charge in [0.2, 0.25) is 0 Å². The van der Waals surface area contributed by atoms with Gasteiger partial charge in [0.1, 0.15) is 10.3 Å². The molecule has 3 rings (SSSR count). The molecular formula is C13H8BrCl2N3. The number of fused-ring (bicyclic) bond motifs is 1. The summed E-state index contributed by atoms with van der Waals surface area (Å²) in [5.41, 5.74) is 3.45. The summed E-state index contributed by atoms with van der Waals surface area (Å²) in [4.78, 5) is 4.34. The maximum atomic E-state index is 6.14. The third kappa shape index (κ3) is 2.14. The van der Waals surface area contributed by atoms with Gasteiger partial charge in [0.15, 0.2) is 5.65 Å². The number of aromatic nitrogens is 3. The highest BCUT2D eigenvalue weighted by Crippen LogP contribution is 2.34. The van der Waals surface area contributed by atoms with Gasteiger partial charge < -0.3 is 0 Å². The van der Waals surface area contributed by atoms with Crippen LogP contribution in [0.2, 0.25) is 10.3 Å². The smallest absolute Gasteiger partial charge is 0.166 e. The number of rotatable bonds is 1. The van der Waals surface area contributed by atoms with Crippen LogP contribution in [0.4, 0.5) is 0 Å². The molecule has 19 heavy (non-hydrogen) atoms. The van der Waals surface area contributed by atoms with Crippen LogP contribution in [-0.4, -0.2) is 14.6 Å². The molecule has 0 bridgehead atoms. The fourth-order valence-electron chi connectivity index (χ4n) is 2.04. The molecule has 0 aliphatic rings. The van der Waals surface area contributed by atoms with Crippen molar-refractivity contribution in [2.75, 3.05) is 0 Å². The van der Waals surface area contributed by atoms with Gasteiger partial charge in [-0.05, 0) is 13.0 Å². The molecule has 2 aromatic heterocycles. The molecular weight excluding hydrogens is 349 g/mol. The van der Waals surface area contributed by atoms with Gasteiger partial charge in [0.25, 0.3) is 0 Å². The second-order valence-electron chi connectivity index (χ2n) is 4.08. The molecule has 0 saturated heterocycles. The Morgan fingerprint density at radius 3 is 2.68 bits per heavy atom. The molecule has 0 aliphatic heterocycles. The van der Waals surface area contributed by atoms with Gasteiger partial charge in [-0.15, -0.1) is 0 Å². The molecule has 3 nitrogen and oxygen atoms in total. The minimum Gasteiger partial charge on any atom is -0.216 e. The number of benzene rings is 1. The summed E-state index contributed by atoms with van der Waals surface area (Å²) in [7, 11) is 0. The normalized spacial score (nSPS) is 11.2. The highest BCUT2D eigenvalue weighted by Gasteiger charge is 2.17. The lowest BCUT2D eigenvalue weighted by molar-refractivity contribution is 0.918. The zero-order valence-electron chi connectivity index (χ0n) is 9.86. The summed E-state index contributed by atoms with van der Waals surface area (Å²) in [6, 6.07) is 9.48. The van der Waals surface area contributed by atoms with E-state index < -0.39 is 0 Å². The van der Waals surface area contributed by atoms with Crippen LogP contribution in [0.3, 0.4) is 0 Å². The van der Waals surface area contributed by atoms with Crippen LogP contribution in [0.25, 0.3) is 16.8 Å². The average Bonchev–Trinajstić information content (AvgIpc) is 2.67. The van der Waals surface area contributed by atoms with Crippen molar-refractivity contribution >= 4 is 44.8 Å². The summed E-state index contributed by atoms with van der Waals surface area (Å²) in [6.45, 7) is 1.92. The fraction of sp³-hybridized carbons (Fsp3) is 0.0769.